The van der Waals surface area contributed by atoms with E-state index in [1.54, 1.807) is 36.9 Å². The Hall–Kier alpha value is -4.32. The SMILES string of the molecule is C[C@H](Nc1cncc(-c2cccnc2)n1)c1cccc(NC(=O)C2=C/C=C/C=C/C=C2)c1. The number of allylic oxidation sites excluding steroid dienone is 6. The van der Waals surface area contributed by atoms with Crippen LogP contribution in [0.3, 0.4) is 0 Å². The number of hydrogen-bond acceptors (Lipinski definition) is 5. The number of hydrogen-bond donors (Lipinski definition) is 2. The van der Waals surface area contributed by atoms with E-state index in [0.717, 1.165) is 22.5 Å². The minimum atomic E-state index is -0.158. The zero-order chi connectivity index (χ0) is 22.2. The van der Waals surface area contributed by atoms with Crippen LogP contribution < -0.4 is 10.6 Å². The summed E-state index contributed by atoms with van der Waals surface area (Å²) in [5.74, 6) is 0.506. The Morgan fingerprint density at radius 3 is 2.69 bits per heavy atom. The van der Waals surface area contributed by atoms with E-state index in [1.807, 2.05) is 73.7 Å². The van der Waals surface area contributed by atoms with Crippen molar-refractivity contribution in [2.24, 2.45) is 0 Å². The molecular weight excluding hydrogens is 398 g/mol. The molecule has 0 radical (unpaired) electrons. The van der Waals surface area contributed by atoms with Crippen molar-refractivity contribution < 1.29 is 4.79 Å². The summed E-state index contributed by atoms with van der Waals surface area (Å²) in [6.45, 7) is 2.04. The van der Waals surface area contributed by atoms with Crippen molar-refractivity contribution in [2.75, 3.05) is 10.6 Å². The van der Waals surface area contributed by atoms with Crippen molar-refractivity contribution in [2.45, 2.75) is 13.0 Å². The minimum absolute atomic E-state index is 0.0427. The molecule has 2 heterocycles. The molecule has 0 aliphatic heterocycles. The topological polar surface area (TPSA) is 79.8 Å². The number of aromatic nitrogens is 3. The Kier molecular flexibility index (Phi) is 6.63. The number of nitrogens with zero attached hydrogens (tertiary/aromatic N) is 3. The Morgan fingerprint density at radius 2 is 1.81 bits per heavy atom. The van der Waals surface area contributed by atoms with Gasteiger partial charge in [-0.1, -0.05) is 42.5 Å². The standard InChI is InChI=1S/C26H23N5O/c1-19(29-25-18-28-17-24(31-25)22-12-8-14-27-16-22)21-11-7-13-23(15-21)30-26(32)20-9-5-3-2-4-6-10-20/h2-19H,1H3,(H,29,31)(H,30,32)/b3-2+,4-2?,5-3?,6-4+,9-5?,10-6?,20-9?,20-10?/t19-/m0/s1. The zero-order valence-corrected chi connectivity index (χ0v) is 17.6. The molecule has 1 aromatic carbocycles. The number of rotatable bonds is 6. The number of benzene rings is 1. The van der Waals surface area contributed by atoms with Crippen LogP contribution in [0, 0.1) is 0 Å². The molecule has 1 aliphatic carbocycles. The Labute approximate surface area is 187 Å². The first-order valence-corrected chi connectivity index (χ1v) is 10.3. The second kappa shape index (κ2) is 10.1. The predicted octanol–water partition coefficient (Wildman–Crippen LogP) is 5.26. The summed E-state index contributed by atoms with van der Waals surface area (Å²) < 4.78 is 0. The van der Waals surface area contributed by atoms with Gasteiger partial charge in [-0.3, -0.25) is 14.8 Å². The van der Waals surface area contributed by atoms with Crippen molar-refractivity contribution in [1.82, 2.24) is 15.0 Å². The monoisotopic (exact) mass is 421 g/mol. The van der Waals surface area contributed by atoms with E-state index in [-0.39, 0.29) is 11.9 Å². The predicted molar refractivity (Wildman–Crippen MR) is 128 cm³/mol. The molecule has 0 fully saturated rings. The van der Waals surface area contributed by atoms with Gasteiger partial charge in [0, 0.05) is 29.2 Å². The first-order chi connectivity index (χ1) is 15.7. The van der Waals surface area contributed by atoms with E-state index in [1.165, 1.54) is 0 Å². The van der Waals surface area contributed by atoms with Crippen molar-refractivity contribution in [3.8, 4) is 11.3 Å². The van der Waals surface area contributed by atoms with E-state index in [9.17, 15) is 4.79 Å². The summed E-state index contributed by atoms with van der Waals surface area (Å²) in [6.07, 6.45) is 19.8. The molecule has 158 valence electrons. The molecule has 0 bridgehead atoms. The van der Waals surface area contributed by atoms with Crippen molar-refractivity contribution in [3.05, 3.63) is 115 Å². The van der Waals surface area contributed by atoms with Crippen LogP contribution in [0.15, 0.2) is 109 Å². The maximum Gasteiger partial charge on any atom is 0.255 e. The summed E-state index contributed by atoms with van der Waals surface area (Å²) >= 11 is 0. The first kappa shape index (κ1) is 20.9. The highest BCUT2D eigenvalue weighted by Gasteiger charge is 2.11. The van der Waals surface area contributed by atoms with Gasteiger partial charge in [-0.25, -0.2) is 4.98 Å². The Morgan fingerprint density at radius 1 is 0.938 bits per heavy atom. The first-order valence-electron chi connectivity index (χ1n) is 10.3. The number of amides is 1. The maximum atomic E-state index is 12.6. The molecule has 1 aliphatic rings. The summed E-state index contributed by atoms with van der Waals surface area (Å²) in [6, 6.07) is 11.5. The quantitative estimate of drug-likeness (QED) is 0.568. The number of nitrogens with one attached hydrogen (secondary N) is 2. The van der Waals surface area contributed by atoms with Crippen LogP contribution in [0.4, 0.5) is 11.5 Å². The van der Waals surface area contributed by atoms with Crippen molar-refractivity contribution in [3.63, 3.8) is 0 Å². The van der Waals surface area contributed by atoms with Crippen LogP contribution in [0.25, 0.3) is 11.3 Å². The third-order valence-electron chi connectivity index (χ3n) is 4.86. The smallest absolute Gasteiger partial charge is 0.255 e. The van der Waals surface area contributed by atoms with E-state index in [0.29, 0.717) is 11.4 Å². The second-order valence-corrected chi connectivity index (χ2v) is 7.23. The van der Waals surface area contributed by atoms with E-state index >= 15 is 0 Å². The highest BCUT2D eigenvalue weighted by molar-refractivity contribution is 6.06. The molecule has 1 atom stereocenters. The molecule has 0 saturated heterocycles. The van der Waals surface area contributed by atoms with E-state index < -0.39 is 0 Å². The van der Waals surface area contributed by atoms with Gasteiger partial charge in [0.2, 0.25) is 0 Å². The largest absolute Gasteiger partial charge is 0.362 e. The highest BCUT2D eigenvalue weighted by atomic mass is 16.1. The summed E-state index contributed by atoms with van der Waals surface area (Å²) in [7, 11) is 0. The van der Waals surface area contributed by atoms with Gasteiger partial charge >= 0.3 is 0 Å². The van der Waals surface area contributed by atoms with Crippen molar-refractivity contribution in [1.29, 1.82) is 0 Å². The number of pyridine rings is 1. The van der Waals surface area contributed by atoms with Crippen LogP contribution >= 0.6 is 0 Å². The zero-order valence-electron chi connectivity index (χ0n) is 17.6. The van der Waals surface area contributed by atoms with Gasteiger partial charge in [0.25, 0.3) is 5.91 Å². The summed E-state index contributed by atoms with van der Waals surface area (Å²) in [4.78, 5) is 25.7. The van der Waals surface area contributed by atoms with Gasteiger partial charge < -0.3 is 10.6 Å². The lowest BCUT2D eigenvalue weighted by atomic mass is 10.1. The van der Waals surface area contributed by atoms with Crippen molar-refractivity contribution >= 4 is 17.4 Å². The number of anilines is 2. The average molecular weight is 422 g/mol. The van der Waals surface area contributed by atoms with Gasteiger partial charge in [0.1, 0.15) is 5.82 Å². The fraction of sp³-hybridized carbons (Fsp3) is 0.0769. The lowest BCUT2D eigenvalue weighted by molar-refractivity contribution is -0.112. The number of carbonyl (C=O) groups is 1. The summed E-state index contributed by atoms with van der Waals surface area (Å²) in [5.41, 5.74) is 3.99. The fourth-order valence-electron chi connectivity index (χ4n) is 3.20. The molecule has 0 saturated carbocycles. The molecule has 2 N–H and O–H groups in total. The molecule has 0 spiro atoms. The molecule has 6 nitrogen and oxygen atoms in total. The van der Waals surface area contributed by atoms with E-state index in [4.69, 9.17) is 0 Å². The maximum absolute atomic E-state index is 12.6. The van der Waals surface area contributed by atoms with Gasteiger partial charge in [-0.05, 0) is 48.9 Å². The lowest BCUT2D eigenvalue weighted by Gasteiger charge is -2.16. The second-order valence-electron chi connectivity index (χ2n) is 7.23. The fourth-order valence-corrected chi connectivity index (χ4v) is 3.20. The molecule has 0 unspecified atom stereocenters. The molecule has 1 amide bonds. The molecule has 4 rings (SSSR count). The van der Waals surface area contributed by atoms with Gasteiger partial charge in [0.05, 0.1) is 24.1 Å². The van der Waals surface area contributed by atoms with Gasteiger partial charge in [-0.2, -0.15) is 0 Å². The van der Waals surface area contributed by atoms with Gasteiger partial charge in [-0.15, -0.1) is 0 Å². The van der Waals surface area contributed by atoms with Gasteiger partial charge in [0.15, 0.2) is 0 Å². The average Bonchev–Trinajstić information content (AvgIpc) is 2.80. The molecular formula is C26H23N5O. The third kappa shape index (κ3) is 5.43. The molecule has 2 aromatic heterocycles. The van der Waals surface area contributed by atoms with Crippen LogP contribution in [-0.2, 0) is 4.79 Å². The lowest BCUT2D eigenvalue weighted by Crippen LogP contribution is -2.14. The van der Waals surface area contributed by atoms with E-state index in [2.05, 4.69) is 25.6 Å². The molecule has 32 heavy (non-hydrogen) atoms. The van der Waals surface area contributed by atoms with Crippen LogP contribution in [-0.4, -0.2) is 20.9 Å². The Bertz CT molecular complexity index is 1210. The summed E-state index contributed by atoms with van der Waals surface area (Å²) in [5, 5.41) is 6.35. The number of carbonyl (C=O) groups excluding carboxylic acids is 1. The normalized spacial score (nSPS) is 15.6. The minimum Gasteiger partial charge on any atom is -0.362 e. The van der Waals surface area contributed by atoms with Crippen LogP contribution in [0.2, 0.25) is 0 Å². The Balaban J connectivity index is 1.46. The highest BCUT2D eigenvalue weighted by Crippen LogP contribution is 2.23. The third-order valence-corrected chi connectivity index (χ3v) is 4.86. The van der Waals surface area contributed by atoms with Crippen LogP contribution in [0.1, 0.15) is 18.5 Å². The molecule has 6 heteroatoms. The van der Waals surface area contributed by atoms with Crippen LogP contribution in [0.5, 0.6) is 0 Å². The molecule has 3 aromatic rings.